The molecule has 0 spiro atoms. The molecule has 16 aromatic rings. The molecule has 18 rings (SSSR count). The van der Waals surface area contributed by atoms with Crippen molar-refractivity contribution in [3.8, 4) is 90.6 Å². The van der Waals surface area contributed by atoms with Crippen LogP contribution >= 0.6 is 0 Å². The maximum absolute atomic E-state index is 10.0. The monoisotopic (exact) mass is 1750 g/mol. The van der Waals surface area contributed by atoms with Gasteiger partial charge >= 0.3 is 0 Å². The maximum Gasteiger partial charge on any atom is 0.278 e. The smallest absolute Gasteiger partial charge is 0.278 e. The van der Waals surface area contributed by atoms with Crippen LogP contribution in [0.2, 0.25) is 0 Å². The van der Waals surface area contributed by atoms with Crippen LogP contribution in [-0.4, -0.2) is 158 Å². The van der Waals surface area contributed by atoms with Gasteiger partial charge in [0, 0.05) is 91.6 Å². The Hall–Kier alpha value is -14.7. The summed E-state index contributed by atoms with van der Waals surface area (Å²) in [5.41, 5.74) is 32.8. The molecule has 12 aromatic heterocycles. The van der Waals surface area contributed by atoms with Crippen LogP contribution in [0.3, 0.4) is 0 Å². The molecule has 2 aliphatic carbocycles. The number of nitrogens with zero attached hydrogens (tertiary/aromatic N) is 24. The minimum absolute atomic E-state index is 0.201. The van der Waals surface area contributed by atoms with Crippen LogP contribution in [-0.2, 0) is 41.8 Å². The topological polar surface area (TPSA) is 515 Å². The zero-order valence-electron chi connectivity index (χ0n) is 75.3. The highest BCUT2D eigenvalue weighted by atomic mass is 16.5. The van der Waals surface area contributed by atoms with Crippen molar-refractivity contribution in [2.45, 2.75) is 174 Å². The summed E-state index contributed by atoms with van der Waals surface area (Å²) in [4.78, 5) is 60.6. The van der Waals surface area contributed by atoms with Crippen molar-refractivity contribution in [1.82, 2.24) is 120 Å². The molecule has 0 aliphatic heterocycles. The minimum atomic E-state index is -0.871. The van der Waals surface area contributed by atoms with Crippen molar-refractivity contribution in [2.24, 2.45) is 30.7 Å². The maximum atomic E-state index is 10.0. The lowest BCUT2D eigenvalue weighted by Gasteiger charge is -2.31. The van der Waals surface area contributed by atoms with Crippen molar-refractivity contribution in [2.75, 3.05) is 34.8 Å². The zero-order chi connectivity index (χ0) is 92.2. The van der Waals surface area contributed by atoms with Gasteiger partial charge in [-0.05, 0) is 158 Å². The van der Waals surface area contributed by atoms with Gasteiger partial charge in [-0.3, -0.25) is 19.0 Å². The third-order valence-corrected chi connectivity index (χ3v) is 24.0. The molecular weight excluding hydrogens is 1650 g/mol. The van der Waals surface area contributed by atoms with E-state index in [2.05, 4.69) is 212 Å². The van der Waals surface area contributed by atoms with Gasteiger partial charge in [-0.2, -0.15) is 35.2 Å². The van der Waals surface area contributed by atoms with E-state index in [-0.39, 0.29) is 40.5 Å². The molecule has 2 fully saturated rings. The highest BCUT2D eigenvalue weighted by Gasteiger charge is 2.49. The van der Waals surface area contributed by atoms with Crippen molar-refractivity contribution < 1.29 is 33.4 Å². The normalized spacial score (nSPS) is 14.8. The number of anilines is 5. The van der Waals surface area contributed by atoms with Crippen LogP contribution in [0.4, 0.5) is 29.5 Å². The van der Waals surface area contributed by atoms with Gasteiger partial charge in [-0.1, -0.05) is 145 Å². The number of aryl methyl sites for hydroxylation is 1. The van der Waals surface area contributed by atoms with Gasteiger partial charge in [-0.15, -0.1) is 0 Å². The highest BCUT2D eigenvalue weighted by molar-refractivity contribution is 5.66. The zero-order valence-corrected chi connectivity index (χ0v) is 75.3. The third-order valence-electron chi connectivity index (χ3n) is 24.0. The van der Waals surface area contributed by atoms with Crippen molar-refractivity contribution in [3.05, 3.63) is 242 Å². The van der Waals surface area contributed by atoms with E-state index >= 15 is 0 Å². The second-order valence-electron chi connectivity index (χ2n) is 36.3. The fraction of sp³-hybridized carbons (Fsp3) is 0.351. The van der Waals surface area contributed by atoms with Gasteiger partial charge in [0.05, 0.1) is 117 Å². The first kappa shape index (κ1) is 90.1. The average molecular weight is 1760 g/mol. The summed E-state index contributed by atoms with van der Waals surface area (Å²) in [6.45, 7) is 28.7. The van der Waals surface area contributed by atoms with Crippen LogP contribution in [0.15, 0.2) is 214 Å². The number of hydrogen-bond donors (Lipinski definition) is 8. The first-order valence-corrected chi connectivity index (χ1v) is 42.8. The van der Waals surface area contributed by atoms with Crippen molar-refractivity contribution in [3.63, 3.8) is 0 Å². The lowest BCUT2D eigenvalue weighted by molar-refractivity contribution is 0.0571. The molecular formula is C94H107N29O7. The Morgan fingerprint density at radius 1 is 0.354 bits per heavy atom. The van der Waals surface area contributed by atoms with E-state index in [4.69, 9.17) is 56.0 Å². The van der Waals surface area contributed by atoms with Crippen molar-refractivity contribution in [1.29, 1.82) is 0 Å². The van der Waals surface area contributed by atoms with E-state index in [1.165, 1.54) is 0 Å². The molecule has 0 amide bonds. The van der Waals surface area contributed by atoms with E-state index in [0.717, 1.165) is 104 Å². The predicted octanol–water partition coefficient (Wildman–Crippen LogP) is 14.1. The van der Waals surface area contributed by atoms with E-state index in [0.29, 0.717) is 101 Å². The summed E-state index contributed by atoms with van der Waals surface area (Å²) in [6.07, 6.45) is 31.7. The van der Waals surface area contributed by atoms with E-state index in [1.54, 1.807) is 142 Å². The molecule has 0 saturated heterocycles. The number of rotatable bonds is 27. The van der Waals surface area contributed by atoms with Gasteiger partial charge in [0.15, 0.2) is 23.3 Å². The van der Waals surface area contributed by atoms with Gasteiger partial charge < -0.3 is 61.7 Å². The Labute approximate surface area is 750 Å². The van der Waals surface area contributed by atoms with Crippen LogP contribution in [0, 0.1) is 23.7 Å². The molecule has 12 N–H and O–H groups in total. The summed E-state index contributed by atoms with van der Waals surface area (Å²) in [5.74, 6) is 7.20. The average Bonchev–Trinajstić information content (AvgIpc) is 1.59. The summed E-state index contributed by atoms with van der Waals surface area (Å²) < 4.78 is 27.4. The van der Waals surface area contributed by atoms with Gasteiger partial charge in [-0.25, -0.2) is 44.9 Å². The molecule has 0 unspecified atom stereocenters. The number of hydrogen-bond acceptors (Lipinski definition) is 33. The quantitative estimate of drug-likeness (QED) is 0.0237. The van der Waals surface area contributed by atoms with Crippen LogP contribution in [0.25, 0.3) is 90.6 Å². The van der Waals surface area contributed by atoms with Gasteiger partial charge in [0.1, 0.15) is 17.3 Å². The highest BCUT2D eigenvalue weighted by Crippen LogP contribution is 2.53. The fourth-order valence-corrected chi connectivity index (χ4v) is 15.3. The summed E-state index contributed by atoms with van der Waals surface area (Å²) in [6, 6.07) is 33.1. The number of nitrogen functional groups attached to an aromatic ring is 4. The van der Waals surface area contributed by atoms with Crippen LogP contribution in [0.5, 0.6) is 0 Å². The first-order valence-electron chi connectivity index (χ1n) is 42.8. The molecule has 4 atom stereocenters. The number of aromatic nitrogens is 24. The summed E-state index contributed by atoms with van der Waals surface area (Å²) >= 11 is 0. The molecule has 0 bridgehead atoms. The van der Waals surface area contributed by atoms with E-state index in [9.17, 15) is 15.3 Å². The molecule has 0 radical (unpaired) electrons. The second-order valence-corrected chi connectivity index (χ2v) is 36.3. The largest absolute Gasteiger partial charge is 0.389 e. The van der Waals surface area contributed by atoms with E-state index in [1.807, 2.05) is 55.8 Å². The number of nitrogens with one attached hydrogen (secondary N) is 1. The molecule has 4 aromatic carbocycles. The Bertz CT molecular complexity index is 6250. The second kappa shape index (κ2) is 36.6. The molecule has 36 nitrogen and oxygen atoms in total. The predicted molar refractivity (Wildman–Crippen MR) is 489 cm³/mol. The van der Waals surface area contributed by atoms with Crippen LogP contribution in [0.1, 0.15) is 168 Å². The molecule has 130 heavy (non-hydrogen) atoms. The molecule has 2 aliphatic rings. The minimum Gasteiger partial charge on any atom is -0.389 e. The number of aliphatic hydroxyl groups is 3. The molecule has 12 heterocycles. The summed E-state index contributed by atoms with van der Waals surface area (Å²) in [7, 11) is 1.85. The lowest BCUT2D eigenvalue weighted by atomic mass is 9.72. The first-order chi connectivity index (χ1) is 61.9. The standard InChI is InChI=1S/C25H28N8O2.C24H27N7O2.C24H29N7O2.C21H23N7O/c1-24(2,34)14-31-20-13-27-19(12-28-20)21-32-22(33-35-21)25(3,18-8-9-18)17-6-4-15(5-7-17)16-10-29-23(26)30-11-16;1-23(2,32)14-31-13-16(10-28-31)21-29-22(30-33-21)24(3,18-8-9-18)17-6-4-15(5-7-17)19-11-27-20(25)12-26-19;1-15(2)24(5,19-8-6-16(7-9-19)17-10-26-22(25)27-11-17)21-29-20(33-30-21)18-12-28-31(13-18)14-23(3,4)32;1-13(2)21(3,19-26-18(29-27-19)16-11-25-28(4)12-16)17-7-5-14(6-8-17)15-9-23-20(22)24-10-15/h4-7,10-13,18,34H,8-9,14H2,1-3H3,(H,28,31)(H2,26,29,30);4-7,10-13,18,32H,8-9,14H2,1-3H3,(H2,25,27);6-13,15,32H,14H2,1-5H3,(H2,25,26,27);5-13H,1-4H3,(H2,22,23,24)/t25-;2*24-;21-/m0011/s1. The third kappa shape index (κ3) is 20.5. The Kier molecular flexibility index (Phi) is 25.4. The Morgan fingerprint density at radius 2 is 0.700 bits per heavy atom. The molecule has 670 valence electrons. The Morgan fingerprint density at radius 3 is 1.05 bits per heavy atom. The number of benzene rings is 4. The molecule has 2 saturated carbocycles. The fourth-order valence-electron chi connectivity index (χ4n) is 15.3. The summed E-state index contributed by atoms with van der Waals surface area (Å²) in [5, 5.41) is 63.1. The SMILES string of the molecule is CC(C)(O)CNc1cnc(-c2nc([C@@](C)(c3ccc(-c4cnc(N)nc4)cc3)C3CC3)no2)cn1.CC(C)(O)Cn1cc(-c2nc([C@@](C)(c3ccc(-c4cnc(N)cn4)cc3)C3CC3)no2)cn1.CC(C)[C@](C)(c1ccc(-c2cnc(N)nc2)cc1)c1noc(-c2cnn(C)c2)n1.CC(C)[C@](C)(c1ccc(-c2cnc(N)nc2)cc1)c1noc(-c2cnn(CC(C)(C)O)c2)n1. The van der Waals surface area contributed by atoms with Crippen molar-refractivity contribution >= 4 is 29.5 Å². The Balaban J connectivity index is 0.000000133. The lowest BCUT2D eigenvalue weighted by Crippen LogP contribution is -2.31. The van der Waals surface area contributed by atoms with Crippen LogP contribution < -0.4 is 28.3 Å². The van der Waals surface area contributed by atoms with Gasteiger partial charge in [0.25, 0.3) is 23.6 Å². The number of nitrogens with two attached hydrogens (primary N) is 4. The van der Waals surface area contributed by atoms with E-state index < -0.39 is 27.6 Å². The molecule has 36 heteroatoms. The van der Waals surface area contributed by atoms with Gasteiger partial charge in [0.2, 0.25) is 17.8 Å².